The van der Waals surface area contributed by atoms with Crippen LogP contribution in [0.3, 0.4) is 0 Å². The van der Waals surface area contributed by atoms with E-state index in [1.54, 1.807) is 12.1 Å². The standard InChI is InChI=1S/C27H23ClN2O4S/c1-17(18-10-11-22-23(14-18)34-13-12-33-22)29-26(31)16-30-21-8-4-5-9-24(21)35-25(27(30)32)15-19-6-2-3-7-20(19)28/h2-11,14-15,17H,12-13,16H2,1H3,(H,29,31)/b25-15+/t17-/m1/s1. The van der Waals surface area contributed by atoms with E-state index in [0.717, 1.165) is 16.0 Å². The molecular weight excluding hydrogens is 484 g/mol. The van der Waals surface area contributed by atoms with Gasteiger partial charge in [0.2, 0.25) is 5.91 Å². The number of halogens is 1. The van der Waals surface area contributed by atoms with Gasteiger partial charge in [-0.25, -0.2) is 0 Å². The molecule has 2 heterocycles. The highest BCUT2D eigenvalue weighted by molar-refractivity contribution is 8.04. The Morgan fingerprint density at radius 2 is 1.83 bits per heavy atom. The third-order valence-corrected chi connectivity index (χ3v) is 7.19. The molecule has 8 heteroatoms. The number of ether oxygens (including phenoxy) is 2. The van der Waals surface area contributed by atoms with Crippen molar-refractivity contribution in [2.24, 2.45) is 0 Å². The van der Waals surface area contributed by atoms with Crippen LogP contribution < -0.4 is 19.7 Å². The van der Waals surface area contributed by atoms with Gasteiger partial charge in [0, 0.05) is 9.92 Å². The molecule has 3 aromatic rings. The first kappa shape index (κ1) is 23.3. The molecule has 2 aliphatic rings. The Morgan fingerprint density at radius 3 is 2.66 bits per heavy atom. The maximum atomic E-state index is 13.4. The van der Waals surface area contributed by atoms with Crippen LogP contribution in [0.25, 0.3) is 6.08 Å². The second kappa shape index (κ2) is 10.1. The number of fused-ring (bicyclic) bond motifs is 2. The van der Waals surface area contributed by atoms with E-state index >= 15 is 0 Å². The van der Waals surface area contributed by atoms with Crippen molar-refractivity contribution in [3.05, 3.63) is 87.8 Å². The molecule has 5 rings (SSSR count). The van der Waals surface area contributed by atoms with E-state index in [9.17, 15) is 9.59 Å². The minimum atomic E-state index is -0.277. The summed E-state index contributed by atoms with van der Waals surface area (Å²) < 4.78 is 11.2. The highest BCUT2D eigenvalue weighted by Crippen LogP contribution is 2.42. The van der Waals surface area contributed by atoms with Crippen LogP contribution in [0.4, 0.5) is 5.69 Å². The van der Waals surface area contributed by atoms with E-state index in [1.165, 1.54) is 16.7 Å². The van der Waals surface area contributed by atoms with Crippen LogP contribution in [0.5, 0.6) is 11.5 Å². The summed E-state index contributed by atoms with van der Waals surface area (Å²) in [6.45, 7) is 2.81. The number of carbonyl (C=O) groups is 2. The Balaban J connectivity index is 1.36. The van der Waals surface area contributed by atoms with Crippen molar-refractivity contribution < 1.29 is 19.1 Å². The molecule has 6 nitrogen and oxygen atoms in total. The lowest BCUT2D eigenvalue weighted by Crippen LogP contribution is -2.43. The van der Waals surface area contributed by atoms with E-state index < -0.39 is 0 Å². The summed E-state index contributed by atoms with van der Waals surface area (Å²) in [6.07, 6.45) is 1.77. The summed E-state index contributed by atoms with van der Waals surface area (Å²) in [5, 5.41) is 3.56. The Kier molecular flexibility index (Phi) is 6.70. The molecule has 1 atom stereocenters. The minimum Gasteiger partial charge on any atom is -0.486 e. The summed E-state index contributed by atoms with van der Waals surface area (Å²) in [6, 6.07) is 20.3. The average Bonchev–Trinajstić information content (AvgIpc) is 2.87. The van der Waals surface area contributed by atoms with Crippen LogP contribution in [-0.2, 0) is 9.59 Å². The summed E-state index contributed by atoms with van der Waals surface area (Å²) in [5.74, 6) is 0.862. The van der Waals surface area contributed by atoms with Crippen LogP contribution in [0.2, 0.25) is 5.02 Å². The van der Waals surface area contributed by atoms with Crippen molar-refractivity contribution in [3.8, 4) is 11.5 Å². The van der Waals surface area contributed by atoms with E-state index in [4.69, 9.17) is 21.1 Å². The number of nitrogens with one attached hydrogen (secondary N) is 1. The Morgan fingerprint density at radius 1 is 1.09 bits per heavy atom. The van der Waals surface area contributed by atoms with Crippen molar-refractivity contribution >= 4 is 46.9 Å². The molecule has 0 aliphatic carbocycles. The first-order valence-electron chi connectivity index (χ1n) is 11.2. The molecule has 0 fully saturated rings. The number of nitrogens with zero attached hydrogens (tertiary/aromatic N) is 1. The summed E-state index contributed by atoms with van der Waals surface area (Å²) in [4.78, 5) is 29.4. The molecular formula is C27H23ClN2O4S. The Hall–Kier alpha value is -3.42. The molecule has 3 aromatic carbocycles. The molecule has 1 N–H and O–H groups in total. The molecule has 2 amide bonds. The smallest absolute Gasteiger partial charge is 0.265 e. The van der Waals surface area contributed by atoms with Crippen molar-refractivity contribution in [2.75, 3.05) is 24.7 Å². The van der Waals surface area contributed by atoms with Gasteiger partial charge < -0.3 is 14.8 Å². The first-order chi connectivity index (χ1) is 17.0. The van der Waals surface area contributed by atoms with Crippen molar-refractivity contribution in [1.82, 2.24) is 5.32 Å². The van der Waals surface area contributed by atoms with Crippen LogP contribution in [0.1, 0.15) is 24.1 Å². The third-order valence-electron chi connectivity index (χ3n) is 5.77. The molecule has 0 unspecified atom stereocenters. The van der Waals surface area contributed by atoms with Gasteiger partial charge in [0.1, 0.15) is 19.8 Å². The Bertz CT molecular complexity index is 1330. The monoisotopic (exact) mass is 506 g/mol. The Labute approximate surface area is 212 Å². The second-order valence-corrected chi connectivity index (χ2v) is 9.67. The van der Waals surface area contributed by atoms with Gasteiger partial charge in [-0.15, -0.1) is 0 Å². The highest BCUT2D eigenvalue weighted by Gasteiger charge is 2.31. The fraction of sp³-hybridized carbons (Fsp3) is 0.185. The fourth-order valence-corrected chi connectivity index (χ4v) is 5.24. The first-order valence-corrected chi connectivity index (χ1v) is 12.4. The van der Waals surface area contributed by atoms with Gasteiger partial charge >= 0.3 is 0 Å². The largest absolute Gasteiger partial charge is 0.486 e. The van der Waals surface area contributed by atoms with Gasteiger partial charge in [-0.3, -0.25) is 14.5 Å². The van der Waals surface area contributed by atoms with Crippen LogP contribution in [-0.4, -0.2) is 31.6 Å². The zero-order valence-electron chi connectivity index (χ0n) is 19.0. The average molecular weight is 507 g/mol. The zero-order valence-corrected chi connectivity index (χ0v) is 20.6. The molecule has 35 heavy (non-hydrogen) atoms. The number of benzene rings is 3. The number of amides is 2. The maximum absolute atomic E-state index is 13.4. The van der Waals surface area contributed by atoms with E-state index in [0.29, 0.717) is 40.3 Å². The lowest BCUT2D eigenvalue weighted by molar-refractivity contribution is -0.122. The quantitative estimate of drug-likeness (QED) is 0.465. The summed E-state index contributed by atoms with van der Waals surface area (Å²) in [7, 11) is 0. The predicted octanol–water partition coefficient (Wildman–Crippen LogP) is 5.47. The summed E-state index contributed by atoms with van der Waals surface area (Å²) in [5.41, 5.74) is 2.35. The van der Waals surface area contributed by atoms with E-state index in [2.05, 4.69) is 5.32 Å². The summed E-state index contributed by atoms with van der Waals surface area (Å²) >= 11 is 7.69. The predicted molar refractivity (Wildman–Crippen MR) is 138 cm³/mol. The van der Waals surface area contributed by atoms with Crippen LogP contribution >= 0.6 is 23.4 Å². The fourth-order valence-electron chi connectivity index (χ4n) is 4.00. The molecule has 0 saturated carbocycles. The normalized spacial score (nSPS) is 16.6. The van der Waals surface area contributed by atoms with Crippen molar-refractivity contribution in [1.29, 1.82) is 0 Å². The zero-order chi connectivity index (χ0) is 24.4. The van der Waals surface area contributed by atoms with Gasteiger partial charge in [0.15, 0.2) is 11.5 Å². The van der Waals surface area contributed by atoms with Gasteiger partial charge in [-0.1, -0.05) is 59.8 Å². The van der Waals surface area contributed by atoms with E-state index in [1.807, 2.05) is 67.6 Å². The number of carbonyl (C=O) groups excluding carboxylic acids is 2. The van der Waals surface area contributed by atoms with Gasteiger partial charge in [-0.05, 0) is 54.5 Å². The molecule has 0 radical (unpaired) electrons. The number of rotatable bonds is 5. The van der Waals surface area contributed by atoms with Gasteiger partial charge in [-0.2, -0.15) is 0 Å². The maximum Gasteiger partial charge on any atom is 0.265 e. The van der Waals surface area contributed by atoms with Gasteiger partial charge in [0.25, 0.3) is 5.91 Å². The van der Waals surface area contributed by atoms with Crippen LogP contribution in [0, 0.1) is 0 Å². The van der Waals surface area contributed by atoms with Crippen LogP contribution in [0.15, 0.2) is 76.5 Å². The van der Waals surface area contributed by atoms with Gasteiger partial charge in [0.05, 0.1) is 16.6 Å². The van der Waals surface area contributed by atoms with Crippen molar-refractivity contribution in [3.63, 3.8) is 0 Å². The molecule has 2 aliphatic heterocycles. The second-order valence-electron chi connectivity index (χ2n) is 8.18. The lowest BCUT2D eigenvalue weighted by Gasteiger charge is -2.30. The number of anilines is 1. The molecule has 0 spiro atoms. The SMILES string of the molecule is C[C@@H](NC(=O)CN1C(=O)/C(=C\c2ccccc2Cl)Sc2ccccc21)c1ccc2c(c1)OCCO2. The number of thioether (sulfide) groups is 1. The number of para-hydroxylation sites is 1. The molecule has 0 saturated heterocycles. The molecule has 0 bridgehead atoms. The topological polar surface area (TPSA) is 67.9 Å². The molecule has 178 valence electrons. The number of hydrogen-bond donors (Lipinski definition) is 1. The van der Waals surface area contributed by atoms with Crippen molar-refractivity contribution in [2.45, 2.75) is 17.9 Å². The lowest BCUT2D eigenvalue weighted by atomic mass is 10.1. The third kappa shape index (κ3) is 5.01. The minimum absolute atomic E-state index is 0.106. The highest BCUT2D eigenvalue weighted by atomic mass is 35.5. The van der Waals surface area contributed by atoms with E-state index in [-0.39, 0.29) is 24.4 Å². The molecule has 0 aromatic heterocycles. The number of hydrogen-bond acceptors (Lipinski definition) is 5.